The Labute approximate surface area is 102 Å². The maximum absolute atomic E-state index is 10.4. The van der Waals surface area contributed by atoms with Gasteiger partial charge < -0.3 is 20.1 Å². The summed E-state index contributed by atoms with van der Waals surface area (Å²) in [4.78, 5) is 39.3. The van der Waals surface area contributed by atoms with Crippen molar-refractivity contribution in [2.24, 2.45) is 0 Å². The van der Waals surface area contributed by atoms with Gasteiger partial charge in [0.25, 0.3) is 0 Å². The summed E-state index contributed by atoms with van der Waals surface area (Å²) in [6.07, 6.45) is 2.72. The van der Waals surface area contributed by atoms with Crippen molar-refractivity contribution in [3.05, 3.63) is 24.3 Å². The van der Waals surface area contributed by atoms with E-state index in [4.69, 9.17) is 15.3 Å². The molecule has 8 heteroatoms. The van der Waals surface area contributed by atoms with Crippen LogP contribution in [0.2, 0.25) is 0 Å². The number of hydrogen-bond donors (Lipinski definition) is 3. The maximum Gasteiger partial charge on any atom is 0.330 e. The third-order valence-electron chi connectivity index (χ3n) is 1.02. The number of rotatable bonds is 5. The van der Waals surface area contributed by atoms with Crippen molar-refractivity contribution >= 4 is 23.9 Å². The molecular weight excluding hydrogens is 248 g/mol. The number of esters is 1. The Morgan fingerprint density at radius 2 is 1.17 bits per heavy atom. The van der Waals surface area contributed by atoms with E-state index >= 15 is 0 Å². The quantitative estimate of drug-likeness (QED) is 0.460. The summed E-state index contributed by atoms with van der Waals surface area (Å²) in [7, 11) is 0. The summed E-state index contributed by atoms with van der Waals surface area (Å²) < 4.78 is 4.40. The van der Waals surface area contributed by atoms with Crippen LogP contribution in [0.25, 0.3) is 0 Å². The average molecular weight is 260 g/mol. The first-order chi connectivity index (χ1) is 8.29. The predicted molar refractivity (Wildman–Crippen MR) is 57.8 cm³/mol. The molecular formula is C10H12O8. The highest BCUT2D eigenvalue weighted by molar-refractivity contribution is 5.90. The van der Waals surface area contributed by atoms with Crippen LogP contribution in [0, 0.1) is 0 Å². The van der Waals surface area contributed by atoms with Crippen molar-refractivity contribution in [1.82, 2.24) is 0 Å². The number of carboxylic acids is 3. The monoisotopic (exact) mass is 260 g/mol. The fourth-order valence-electron chi connectivity index (χ4n) is 0.472. The number of ether oxygens (including phenoxy) is 1. The molecule has 0 spiro atoms. The van der Waals surface area contributed by atoms with E-state index in [-0.39, 0.29) is 6.61 Å². The predicted octanol–water partition coefficient (Wildman–Crippen LogP) is -0.0979. The topological polar surface area (TPSA) is 138 Å². The van der Waals surface area contributed by atoms with Crippen LogP contribution in [0.3, 0.4) is 0 Å². The Hall–Kier alpha value is -2.64. The molecule has 3 N–H and O–H groups in total. The summed E-state index contributed by atoms with van der Waals surface area (Å²) in [5, 5.41) is 23.7. The van der Waals surface area contributed by atoms with Gasteiger partial charge in [0.15, 0.2) is 0 Å². The van der Waals surface area contributed by atoms with E-state index in [0.717, 1.165) is 12.2 Å². The van der Waals surface area contributed by atoms with Gasteiger partial charge in [0.05, 0.1) is 6.61 Å². The molecule has 8 nitrogen and oxygen atoms in total. The summed E-state index contributed by atoms with van der Waals surface area (Å²) in [6, 6.07) is 0. The van der Waals surface area contributed by atoms with Crippen LogP contribution in [-0.4, -0.2) is 45.8 Å². The zero-order valence-corrected chi connectivity index (χ0v) is 9.40. The minimum absolute atomic E-state index is 0.253. The minimum atomic E-state index is -1.26. The Morgan fingerprint density at radius 3 is 1.44 bits per heavy atom. The smallest absolute Gasteiger partial charge is 0.330 e. The molecule has 0 fully saturated rings. The van der Waals surface area contributed by atoms with Crippen LogP contribution in [-0.2, 0) is 23.9 Å². The van der Waals surface area contributed by atoms with Gasteiger partial charge in [-0.05, 0) is 6.92 Å². The molecule has 0 aromatic heterocycles. The van der Waals surface area contributed by atoms with Crippen LogP contribution in [0.1, 0.15) is 6.92 Å². The number of carboxylic acid groups (broad SMARTS) is 3. The van der Waals surface area contributed by atoms with Gasteiger partial charge in [-0.15, -0.1) is 0 Å². The van der Waals surface area contributed by atoms with Gasteiger partial charge in [-0.1, -0.05) is 0 Å². The molecule has 0 unspecified atom stereocenters. The second-order valence-corrected chi connectivity index (χ2v) is 2.43. The largest absolute Gasteiger partial charge is 0.478 e. The normalized spacial score (nSPS) is 9.61. The van der Waals surface area contributed by atoms with E-state index in [0.29, 0.717) is 12.2 Å². The molecule has 0 saturated carbocycles. The molecule has 0 heterocycles. The molecule has 0 aromatic carbocycles. The van der Waals surface area contributed by atoms with Crippen LogP contribution < -0.4 is 0 Å². The highest BCUT2D eigenvalue weighted by atomic mass is 16.5. The minimum Gasteiger partial charge on any atom is -0.478 e. The lowest BCUT2D eigenvalue weighted by atomic mass is 10.5. The molecule has 0 radical (unpaired) electrons. The van der Waals surface area contributed by atoms with Gasteiger partial charge >= 0.3 is 23.9 Å². The Bertz CT molecular complexity index is 350. The lowest BCUT2D eigenvalue weighted by molar-refractivity contribution is -0.138. The SMILES string of the molecule is CCOC(=O)/C=C/C(=O)O.O=C(O)/C=C/C(=O)O. The number of aliphatic carboxylic acids is 3. The molecule has 0 amide bonds. The number of hydrogen-bond acceptors (Lipinski definition) is 5. The van der Waals surface area contributed by atoms with E-state index < -0.39 is 23.9 Å². The van der Waals surface area contributed by atoms with Gasteiger partial charge in [0.2, 0.25) is 0 Å². The van der Waals surface area contributed by atoms with E-state index in [2.05, 4.69) is 4.74 Å². The van der Waals surface area contributed by atoms with E-state index in [1.54, 1.807) is 6.92 Å². The van der Waals surface area contributed by atoms with Gasteiger partial charge in [-0.25, -0.2) is 19.2 Å². The molecule has 0 aliphatic rings. The molecule has 100 valence electrons. The highest BCUT2D eigenvalue weighted by Crippen LogP contribution is 1.80. The number of carbonyl (C=O) groups is 4. The summed E-state index contributed by atoms with van der Waals surface area (Å²) in [5.41, 5.74) is 0. The summed E-state index contributed by atoms with van der Waals surface area (Å²) in [5.74, 6) is -4.31. The van der Waals surface area contributed by atoms with Crippen LogP contribution in [0.5, 0.6) is 0 Å². The van der Waals surface area contributed by atoms with Gasteiger partial charge in [0.1, 0.15) is 0 Å². The molecule has 0 bridgehead atoms. The summed E-state index contributed by atoms with van der Waals surface area (Å²) in [6.45, 7) is 1.90. The third kappa shape index (κ3) is 19.0. The highest BCUT2D eigenvalue weighted by Gasteiger charge is 1.94. The molecule has 0 aliphatic heterocycles. The second-order valence-electron chi connectivity index (χ2n) is 2.43. The number of carbonyl (C=O) groups excluding carboxylic acids is 1. The fourth-order valence-corrected chi connectivity index (χ4v) is 0.472. The molecule has 0 aromatic rings. The summed E-state index contributed by atoms with van der Waals surface area (Å²) >= 11 is 0. The van der Waals surface area contributed by atoms with Gasteiger partial charge in [-0.2, -0.15) is 0 Å². The third-order valence-corrected chi connectivity index (χ3v) is 1.02. The first-order valence-corrected chi connectivity index (χ1v) is 4.51. The average Bonchev–Trinajstić information content (AvgIpc) is 2.25. The van der Waals surface area contributed by atoms with Crippen LogP contribution >= 0.6 is 0 Å². The van der Waals surface area contributed by atoms with Crippen molar-refractivity contribution in [2.75, 3.05) is 6.61 Å². The zero-order chi connectivity index (χ0) is 14.6. The van der Waals surface area contributed by atoms with E-state index in [1.807, 2.05) is 0 Å². The standard InChI is InChI=1S/C6H8O4.C4H4O4/c1-2-10-6(9)4-3-5(7)8;5-3(6)1-2-4(7)8/h3-4H,2H2,1H3,(H,7,8);1-2H,(H,5,6)(H,7,8)/b4-3+;2-1+. The lowest BCUT2D eigenvalue weighted by Gasteiger charge is -1.92. The van der Waals surface area contributed by atoms with Crippen molar-refractivity contribution in [2.45, 2.75) is 6.92 Å². The second kappa shape index (κ2) is 10.9. The van der Waals surface area contributed by atoms with Crippen molar-refractivity contribution < 1.29 is 39.2 Å². The zero-order valence-electron chi connectivity index (χ0n) is 9.40. The Morgan fingerprint density at radius 1 is 0.833 bits per heavy atom. The van der Waals surface area contributed by atoms with Gasteiger partial charge in [-0.3, -0.25) is 0 Å². The van der Waals surface area contributed by atoms with E-state index in [1.165, 1.54) is 0 Å². The van der Waals surface area contributed by atoms with Crippen molar-refractivity contribution in [1.29, 1.82) is 0 Å². The lowest BCUT2D eigenvalue weighted by Crippen LogP contribution is -2.00. The Balaban J connectivity index is 0. The van der Waals surface area contributed by atoms with Gasteiger partial charge in [0, 0.05) is 24.3 Å². The van der Waals surface area contributed by atoms with Crippen LogP contribution in [0.4, 0.5) is 0 Å². The molecule has 0 saturated heterocycles. The molecule has 18 heavy (non-hydrogen) atoms. The van der Waals surface area contributed by atoms with E-state index in [9.17, 15) is 19.2 Å². The molecule has 0 rings (SSSR count). The van der Waals surface area contributed by atoms with Crippen molar-refractivity contribution in [3.63, 3.8) is 0 Å². The first-order valence-electron chi connectivity index (χ1n) is 4.51. The fraction of sp³-hybridized carbons (Fsp3) is 0.200. The first kappa shape index (κ1) is 17.7. The van der Waals surface area contributed by atoms with Crippen LogP contribution in [0.15, 0.2) is 24.3 Å². The molecule has 0 atom stereocenters. The Kier molecular flexibility index (Phi) is 10.7. The molecule has 0 aliphatic carbocycles. The maximum atomic E-state index is 10.4. The van der Waals surface area contributed by atoms with Crippen molar-refractivity contribution in [3.8, 4) is 0 Å².